The van der Waals surface area contributed by atoms with Gasteiger partial charge in [0.25, 0.3) is 5.91 Å². The Morgan fingerprint density at radius 3 is 3.00 bits per heavy atom. The number of rotatable bonds is 2. The van der Waals surface area contributed by atoms with Crippen LogP contribution in [-0.2, 0) is 4.74 Å². The number of carbonyl (C=O) groups is 1. The maximum atomic E-state index is 13.1. The summed E-state index contributed by atoms with van der Waals surface area (Å²) in [5, 5.41) is 1.09. The topological polar surface area (TPSA) is 48.6 Å². The molecule has 2 aliphatic rings. The molecule has 25 heavy (non-hydrogen) atoms. The number of para-hydroxylation sites is 1. The van der Waals surface area contributed by atoms with Crippen LogP contribution in [0, 0.1) is 5.41 Å². The maximum Gasteiger partial charge on any atom is 0.270 e. The highest BCUT2D eigenvalue weighted by molar-refractivity contribution is 5.98. The molecule has 1 amide bonds. The zero-order valence-electron chi connectivity index (χ0n) is 15.0. The van der Waals surface area contributed by atoms with E-state index >= 15 is 0 Å². The van der Waals surface area contributed by atoms with Gasteiger partial charge in [-0.15, -0.1) is 0 Å². The Balaban J connectivity index is 1.54. The standard InChI is InChI=1S/C20H27N3O2/c1-2-22-10-11-25-15-20(13-22)8-5-9-23(14-20)19(24)18-12-16-6-3-4-7-17(16)21-18/h3-4,6-7,12,21H,2,5,8-11,13-15H2,1H3/t20-/m1/s1. The number of nitrogens with zero attached hydrogens (tertiary/aromatic N) is 2. The summed E-state index contributed by atoms with van der Waals surface area (Å²) in [6, 6.07) is 10.0. The molecule has 5 heteroatoms. The second kappa shape index (κ2) is 6.81. The molecule has 1 atom stereocenters. The molecule has 134 valence electrons. The van der Waals surface area contributed by atoms with E-state index in [-0.39, 0.29) is 11.3 Å². The van der Waals surface area contributed by atoms with Gasteiger partial charge in [-0.1, -0.05) is 25.1 Å². The fourth-order valence-corrected chi connectivity index (χ4v) is 4.34. The number of ether oxygens (including phenoxy) is 1. The number of likely N-dealkylation sites (N-methyl/N-ethyl adjacent to an activating group) is 1. The number of fused-ring (bicyclic) bond motifs is 1. The summed E-state index contributed by atoms with van der Waals surface area (Å²) in [6.45, 7) is 8.45. The molecule has 1 spiro atoms. The smallest absolute Gasteiger partial charge is 0.270 e. The van der Waals surface area contributed by atoms with Gasteiger partial charge in [0.1, 0.15) is 5.69 Å². The fourth-order valence-electron chi connectivity index (χ4n) is 4.34. The van der Waals surface area contributed by atoms with Crippen molar-refractivity contribution in [2.45, 2.75) is 19.8 Å². The molecule has 0 saturated carbocycles. The molecule has 2 fully saturated rings. The van der Waals surface area contributed by atoms with Crippen LogP contribution in [0.1, 0.15) is 30.3 Å². The summed E-state index contributed by atoms with van der Waals surface area (Å²) in [7, 11) is 0. The predicted octanol–water partition coefficient (Wildman–Crippen LogP) is 2.74. The number of H-pyrrole nitrogens is 1. The number of nitrogens with one attached hydrogen (secondary N) is 1. The minimum absolute atomic E-state index is 0.0758. The van der Waals surface area contributed by atoms with Crippen LogP contribution in [0.3, 0.4) is 0 Å². The van der Waals surface area contributed by atoms with Gasteiger partial charge in [0, 0.05) is 42.5 Å². The Morgan fingerprint density at radius 2 is 2.16 bits per heavy atom. The number of benzene rings is 1. The van der Waals surface area contributed by atoms with Gasteiger partial charge in [-0.05, 0) is 31.5 Å². The molecule has 0 aliphatic carbocycles. The number of amides is 1. The van der Waals surface area contributed by atoms with Crippen LogP contribution in [0.2, 0.25) is 0 Å². The van der Waals surface area contributed by atoms with Crippen molar-refractivity contribution in [1.82, 2.24) is 14.8 Å². The molecule has 0 bridgehead atoms. The Kier molecular flexibility index (Phi) is 4.52. The molecule has 1 N–H and O–H groups in total. The first-order valence-corrected chi connectivity index (χ1v) is 9.36. The summed E-state index contributed by atoms with van der Waals surface area (Å²) < 4.78 is 5.91. The third-order valence-corrected chi connectivity index (χ3v) is 5.68. The second-order valence-electron chi connectivity index (χ2n) is 7.52. The molecule has 3 heterocycles. The average Bonchev–Trinajstić information content (AvgIpc) is 2.98. The predicted molar refractivity (Wildman–Crippen MR) is 98.8 cm³/mol. The van der Waals surface area contributed by atoms with Crippen LogP contribution in [0.15, 0.2) is 30.3 Å². The van der Waals surface area contributed by atoms with Gasteiger partial charge in [-0.25, -0.2) is 0 Å². The zero-order valence-corrected chi connectivity index (χ0v) is 15.0. The van der Waals surface area contributed by atoms with Crippen LogP contribution >= 0.6 is 0 Å². The van der Waals surface area contributed by atoms with E-state index in [1.807, 2.05) is 35.2 Å². The van der Waals surface area contributed by atoms with E-state index in [9.17, 15) is 4.79 Å². The minimum Gasteiger partial charge on any atom is -0.379 e. The number of hydrogen-bond acceptors (Lipinski definition) is 3. The fraction of sp³-hybridized carbons (Fsp3) is 0.550. The third kappa shape index (κ3) is 3.31. The molecular weight excluding hydrogens is 314 g/mol. The molecule has 4 rings (SSSR count). The summed E-state index contributed by atoms with van der Waals surface area (Å²) >= 11 is 0. The molecule has 5 nitrogen and oxygen atoms in total. The van der Waals surface area contributed by atoms with Crippen molar-refractivity contribution in [3.05, 3.63) is 36.0 Å². The largest absolute Gasteiger partial charge is 0.379 e. The molecule has 2 aliphatic heterocycles. The first-order chi connectivity index (χ1) is 12.2. The number of carbonyl (C=O) groups excluding carboxylic acids is 1. The highest BCUT2D eigenvalue weighted by atomic mass is 16.5. The Hall–Kier alpha value is -1.85. The summed E-state index contributed by atoms with van der Waals surface area (Å²) in [5.41, 5.74) is 1.79. The lowest BCUT2D eigenvalue weighted by Gasteiger charge is -2.43. The third-order valence-electron chi connectivity index (χ3n) is 5.68. The van der Waals surface area contributed by atoms with Crippen molar-refractivity contribution < 1.29 is 9.53 Å². The van der Waals surface area contributed by atoms with E-state index in [1.54, 1.807) is 0 Å². The number of likely N-dealkylation sites (tertiary alicyclic amines) is 1. The van der Waals surface area contributed by atoms with Gasteiger partial charge < -0.3 is 19.5 Å². The molecule has 2 aromatic rings. The van der Waals surface area contributed by atoms with E-state index in [1.165, 1.54) is 0 Å². The molecule has 2 saturated heterocycles. The molecule has 0 radical (unpaired) electrons. The van der Waals surface area contributed by atoms with Crippen LogP contribution in [0.4, 0.5) is 0 Å². The molecule has 0 unspecified atom stereocenters. The van der Waals surface area contributed by atoms with E-state index in [2.05, 4.69) is 16.8 Å². The molecule has 1 aromatic heterocycles. The van der Waals surface area contributed by atoms with Gasteiger partial charge in [0.2, 0.25) is 0 Å². The Labute approximate surface area is 148 Å². The van der Waals surface area contributed by atoms with Crippen molar-refractivity contribution >= 4 is 16.8 Å². The zero-order chi connectivity index (χ0) is 17.3. The van der Waals surface area contributed by atoms with E-state index in [4.69, 9.17) is 4.74 Å². The molecular formula is C20H27N3O2. The van der Waals surface area contributed by atoms with Gasteiger partial charge in [0.05, 0.1) is 13.2 Å². The van der Waals surface area contributed by atoms with Gasteiger partial charge in [-0.3, -0.25) is 4.79 Å². The highest BCUT2D eigenvalue weighted by Crippen LogP contribution is 2.33. The minimum atomic E-state index is 0.0758. The van der Waals surface area contributed by atoms with Gasteiger partial charge in [0.15, 0.2) is 0 Å². The van der Waals surface area contributed by atoms with Crippen molar-refractivity contribution in [1.29, 1.82) is 0 Å². The quantitative estimate of drug-likeness (QED) is 0.914. The van der Waals surface area contributed by atoms with E-state index in [0.717, 1.165) is 69.7 Å². The monoisotopic (exact) mass is 341 g/mol. The summed E-state index contributed by atoms with van der Waals surface area (Å²) in [5.74, 6) is 0.113. The normalized spacial score (nSPS) is 25.4. The van der Waals surface area contributed by atoms with E-state index < -0.39 is 0 Å². The van der Waals surface area contributed by atoms with Gasteiger partial charge >= 0.3 is 0 Å². The summed E-state index contributed by atoms with van der Waals surface area (Å²) in [4.78, 5) is 20.8. The van der Waals surface area contributed by atoms with Crippen LogP contribution in [0.25, 0.3) is 10.9 Å². The lowest BCUT2D eigenvalue weighted by atomic mass is 9.80. The molecule has 1 aromatic carbocycles. The number of aromatic amines is 1. The summed E-state index contributed by atoms with van der Waals surface area (Å²) in [6.07, 6.45) is 2.19. The van der Waals surface area contributed by atoms with Crippen molar-refractivity contribution in [2.24, 2.45) is 5.41 Å². The lowest BCUT2D eigenvalue weighted by Crippen LogP contribution is -2.52. The van der Waals surface area contributed by atoms with Gasteiger partial charge in [-0.2, -0.15) is 0 Å². The SMILES string of the molecule is CCN1CCOC[C@]2(CCCN(C(=O)c3cc4ccccc4[nH]3)C2)C1. The lowest BCUT2D eigenvalue weighted by molar-refractivity contribution is 0.00747. The van der Waals surface area contributed by atoms with Crippen LogP contribution in [-0.4, -0.2) is 66.6 Å². The van der Waals surface area contributed by atoms with Crippen molar-refractivity contribution in [3.8, 4) is 0 Å². The van der Waals surface area contributed by atoms with Crippen LogP contribution < -0.4 is 0 Å². The maximum absolute atomic E-state index is 13.1. The Bertz CT molecular complexity index is 723. The highest BCUT2D eigenvalue weighted by Gasteiger charge is 2.40. The van der Waals surface area contributed by atoms with E-state index in [0.29, 0.717) is 5.69 Å². The Morgan fingerprint density at radius 1 is 1.28 bits per heavy atom. The average molecular weight is 341 g/mol. The number of hydrogen-bond donors (Lipinski definition) is 1. The first kappa shape index (κ1) is 16.6. The van der Waals surface area contributed by atoms with Crippen molar-refractivity contribution in [2.75, 3.05) is 45.9 Å². The first-order valence-electron chi connectivity index (χ1n) is 9.36. The van der Waals surface area contributed by atoms with Crippen molar-refractivity contribution in [3.63, 3.8) is 0 Å². The number of aromatic nitrogens is 1. The second-order valence-corrected chi connectivity index (χ2v) is 7.52. The number of piperidine rings is 1. The van der Waals surface area contributed by atoms with Crippen LogP contribution in [0.5, 0.6) is 0 Å².